The van der Waals surface area contributed by atoms with Gasteiger partial charge in [-0.05, 0) is 30.3 Å². The van der Waals surface area contributed by atoms with Crippen molar-refractivity contribution in [3.05, 3.63) is 53.3 Å². The van der Waals surface area contributed by atoms with Gasteiger partial charge in [-0.15, -0.1) is 0 Å². The smallest absolute Gasteiger partial charge is 0.108 e. The zero-order valence-corrected chi connectivity index (χ0v) is 8.82. The van der Waals surface area contributed by atoms with Gasteiger partial charge in [-0.25, -0.2) is 0 Å². The van der Waals surface area contributed by atoms with Gasteiger partial charge < -0.3 is 9.30 Å². The molecular weight excluding hydrogens is 210 g/mol. The molecule has 1 aromatic heterocycles. The lowest BCUT2D eigenvalue weighted by Crippen LogP contribution is -1.96. The van der Waals surface area contributed by atoms with E-state index in [1.165, 1.54) is 5.56 Å². The lowest BCUT2D eigenvalue weighted by molar-refractivity contribution is 0.415. The van der Waals surface area contributed by atoms with Crippen LogP contribution in [0.3, 0.4) is 0 Å². The first-order valence-electron chi connectivity index (χ1n) is 4.89. The molecule has 1 fully saturated rings. The second kappa shape index (κ2) is 3.40. The van der Waals surface area contributed by atoms with Gasteiger partial charge in [0.15, 0.2) is 0 Å². The molecule has 2 aromatic rings. The average Bonchev–Trinajstić information content (AvgIpc) is 2.95. The largest absolute Gasteiger partial charge is 0.368 e. The summed E-state index contributed by atoms with van der Waals surface area (Å²) in [6.45, 7) is 0.800. The van der Waals surface area contributed by atoms with Crippen LogP contribution in [-0.2, 0) is 4.74 Å². The molecule has 1 aliphatic rings. The van der Waals surface area contributed by atoms with Crippen LogP contribution in [0.2, 0.25) is 5.02 Å². The summed E-state index contributed by atoms with van der Waals surface area (Å²) in [5.41, 5.74) is 2.31. The highest BCUT2D eigenvalue weighted by atomic mass is 35.5. The summed E-state index contributed by atoms with van der Waals surface area (Å²) < 4.78 is 7.39. The Bertz CT molecular complexity index is 474. The number of aromatic nitrogens is 1. The molecule has 1 aliphatic heterocycles. The lowest BCUT2D eigenvalue weighted by Gasteiger charge is -2.08. The number of epoxide rings is 1. The highest BCUT2D eigenvalue weighted by Gasteiger charge is 2.27. The normalized spacial score (nSPS) is 19.1. The average molecular weight is 220 g/mol. The van der Waals surface area contributed by atoms with E-state index in [4.69, 9.17) is 16.3 Å². The minimum atomic E-state index is 0.223. The second-order valence-corrected chi connectivity index (χ2v) is 4.05. The van der Waals surface area contributed by atoms with Crippen molar-refractivity contribution in [2.75, 3.05) is 6.61 Å². The molecule has 0 radical (unpaired) electrons. The summed E-state index contributed by atoms with van der Waals surface area (Å²) in [6, 6.07) is 9.93. The van der Waals surface area contributed by atoms with Crippen LogP contribution in [0, 0.1) is 0 Å². The van der Waals surface area contributed by atoms with Crippen molar-refractivity contribution in [3.63, 3.8) is 0 Å². The Morgan fingerprint density at radius 2 is 2.00 bits per heavy atom. The van der Waals surface area contributed by atoms with E-state index < -0.39 is 0 Å². The van der Waals surface area contributed by atoms with Crippen molar-refractivity contribution in [2.45, 2.75) is 6.10 Å². The van der Waals surface area contributed by atoms with Crippen LogP contribution < -0.4 is 0 Å². The van der Waals surface area contributed by atoms with E-state index in [1.807, 2.05) is 42.7 Å². The highest BCUT2D eigenvalue weighted by Crippen LogP contribution is 2.35. The first-order valence-corrected chi connectivity index (χ1v) is 5.27. The van der Waals surface area contributed by atoms with E-state index in [-0.39, 0.29) is 6.10 Å². The molecule has 2 nitrogen and oxygen atoms in total. The number of rotatable bonds is 2. The van der Waals surface area contributed by atoms with Gasteiger partial charge in [0, 0.05) is 23.0 Å². The molecule has 2 heterocycles. The van der Waals surface area contributed by atoms with E-state index in [1.54, 1.807) is 0 Å². The molecule has 1 unspecified atom stereocenters. The maximum atomic E-state index is 5.99. The monoisotopic (exact) mass is 219 g/mol. The summed E-state index contributed by atoms with van der Waals surface area (Å²) in [5.74, 6) is 0. The molecule has 0 aliphatic carbocycles. The van der Waals surface area contributed by atoms with Gasteiger partial charge in [0.25, 0.3) is 0 Å². The standard InChI is InChI=1S/C12H10ClNO/c13-9-3-4-11(14-5-1-2-6-14)10(7-9)12-8-15-12/h1-7,12H,8H2. The Hall–Kier alpha value is -1.25. The fourth-order valence-corrected chi connectivity index (χ4v) is 1.92. The minimum absolute atomic E-state index is 0.223. The Balaban J connectivity index is 2.13. The van der Waals surface area contributed by atoms with Crippen molar-refractivity contribution in [1.29, 1.82) is 0 Å². The third-order valence-electron chi connectivity index (χ3n) is 2.55. The Morgan fingerprint density at radius 3 is 2.67 bits per heavy atom. The molecule has 15 heavy (non-hydrogen) atoms. The van der Waals surface area contributed by atoms with Gasteiger partial charge in [-0.1, -0.05) is 11.6 Å². The number of benzene rings is 1. The van der Waals surface area contributed by atoms with Gasteiger partial charge in [0.1, 0.15) is 6.10 Å². The Kier molecular flexibility index (Phi) is 2.04. The molecular formula is C12H10ClNO. The molecule has 76 valence electrons. The zero-order chi connectivity index (χ0) is 10.3. The second-order valence-electron chi connectivity index (χ2n) is 3.62. The molecule has 3 rings (SSSR count). The van der Waals surface area contributed by atoms with Crippen molar-refractivity contribution in [1.82, 2.24) is 4.57 Å². The van der Waals surface area contributed by atoms with E-state index in [0.29, 0.717) is 0 Å². The number of nitrogens with zero attached hydrogens (tertiary/aromatic N) is 1. The maximum absolute atomic E-state index is 5.99. The van der Waals surface area contributed by atoms with Crippen LogP contribution >= 0.6 is 11.6 Å². The Morgan fingerprint density at radius 1 is 1.27 bits per heavy atom. The topological polar surface area (TPSA) is 17.5 Å². The Labute approximate surface area is 93.0 Å². The summed E-state index contributed by atoms with van der Waals surface area (Å²) in [4.78, 5) is 0. The van der Waals surface area contributed by atoms with Gasteiger partial charge in [0.2, 0.25) is 0 Å². The summed E-state index contributed by atoms with van der Waals surface area (Å²) in [5, 5.41) is 0.761. The fraction of sp³-hybridized carbons (Fsp3) is 0.167. The first-order chi connectivity index (χ1) is 7.34. The predicted octanol–water partition coefficient (Wildman–Crippen LogP) is 3.20. The molecule has 1 saturated heterocycles. The van der Waals surface area contributed by atoms with Crippen molar-refractivity contribution in [3.8, 4) is 5.69 Å². The maximum Gasteiger partial charge on any atom is 0.108 e. The minimum Gasteiger partial charge on any atom is -0.368 e. The van der Waals surface area contributed by atoms with Crippen LogP contribution in [0.1, 0.15) is 11.7 Å². The summed E-state index contributed by atoms with van der Waals surface area (Å²) in [6.07, 6.45) is 4.27. The van der Waals surface area contributed by atoms with Crippen LogP contribution in [0.25, 0.3) is 5.69 Å². The third kappa shape index (κ3) is 1.66. The van der Waals surface area contributed by atoms with E-state index in [9.17, 15) is 0 Å². The molecule has 3 heteroatoms. The SMILES string of the molecule is Clc1ccc(-n2cccc2)c(C2CO2)c1. The number of halogens is 1. The van der Waals surface area contributed by atoms with E-state index in [0.717, 1.165) is 17.3 Å². The van der Waals surface area contributed by atoms with Gasteiger partial charge in [-0.2, -0.15) is 0 Å². The first kappa shape index (κ1) is 9.01. The van der Waals surface area contributed by atoms with Crippen LogP contribution in [0.15, 0.2) is 42.7 Å². The number of hydrogen-bond acceptors (Lipinski definition) is 1. The zero-order valence-electron chi connectivity index (χ0n) is 8.06. The molecule has 0 saturated carbocycles. The van der Waals surface area contributed by atoms with Crippen LogP contribution in [0.5, 0.6) is 0 Å². The van der Waals surface area contributed by atoms with Crippen LogP contribution in [0.4, 0.5) is 0 Å². The molecule has 0 amide bonds. The highest BCUT2D eigenvalue weighted by molar-refractivity contribution is 6.30. The van der Waals surface area contributed by atoms with Gasteiger partial charge >= 0.3 is 0 Å². The fourth-order valence-electron chi connectivity index (χ4n) is 1.74. The van der Waals surface area contributed by atoms with E-state index >= 15 is 0 Å². The van der Waals surface area contributed by atoms with Crippen molar-refractivity contribution < 1.29 is 4.74 Å². The van der Waals surface area contributed by atoms with Crippen molar-refractivity contribution in [2.24, 2.45) is 0 Å². The van der Waals surface area contributed by atoms with Gasteiger partial charge in [-0.3, -0.25) is 0 Å². The molecule has 1 aromatic carbocycles. The van der Waals surface area contributed by atoms with E-state index in [2.05, 4.69) is 4.57 Å². The van der Waals surface area contributed by atoms with Crippen molar-refractivity contribution >= 4 is 11.6 Å². The summed E-state index contributed by atoms with van der Waals surface area (Å²) >= 11 is 5.99. The molecule has 0 spiro atoms. The van der Waals surface area contributed by atoms with Crippen LogP contribution in [-0.4, -0.2) is 11.2 Å². The molecule has 0 bridgehead atoms. The third-order valence-corrected chi connectivity index (χ3v) is 2.79. The lowest BCUT2D eigenvalue weighted by atomic mass is 10.1. The number of hydrogen-bond donors (Lipinski definition) is 0. The predicted molar refractivity (Wildman–Crippen MR) is 59.5 cm³/mol. The molecule has 0 N–H and O–H groups in total. The quantitative estimate of drug-likeness (QED) is 0.710. The molecule has 1 atom stereocenters. The number of ether oxygens (including phenoxy) is 1. The summed E-state index contributed by atoms with van der Waals surface area (Å²) in [7, 11) is 0. The van der Waals surface area contributed by atoms with Gasteiger partial charge in [0.05, 0.1) is 12.3 Å².